The van der Waals surface area contributed by atoms with Crippen molar-refractivity contribution in [3.05, 3.63) is 12.0 Å². The highest BCUT2D eigenvalue weighted by molar-refractivity contribution is 5.92. The van der Waals surface area contributed by atoms with Gasteiger partial charge in [-0.05, 0) is 19.8 Å². The Morgan fingerprint density at radius 2 is 2.11 bits per heavy atom. The molecule has 0 bridgehead atoms. The average Bonchev–Trinajstić information content (AvgIpc) is 2.59. The molecule has 0 unspecified atom stereocenters. The van der Waals surface area contributed by atoms with Crippen LogP contribution < -0.4 is 5.73 Å². The first-order valence-corrected chi connectivity index (χ1v) is 6.73. The highest BCUT2D eigenvalue weighted by Crippen LogP contribution is 2.29. The van der Waals surface area contributed by atoms with Crippen molar-refractivity contribution < 1.29 is 9.53 Å². The lowest BCUT2D eigenvalue weighted by atomic mass is 10.1. The Balaban J connectivity index is 2.16. The second kappa shape index (κ2) is 5.89. The molecule has 0 aromatic carbocycles. The van der Waals surface area contributed by atoms with Crippen LogP contribution in [0.25, 0.3) is 0 Å². The number of nitrogen functional groups attached to an aromatic ring is 1. The zero-order chi connectivity index (χ0) is 13.0. The summed E-state index contributed by atoms with van der Waals surface area (Å²) in [6.45, 7) is 2.12. The number of aromatic nitrogens is 2. The SMILES string of the molecule is CCOC(=O)c1ncn(C2CCCCCC2)c1N. The van der Waals surface area contributed by atoms with E-state index in [9.17, 15) is 4.79 Å². The molecule has 1 aliphatic carbocycles. The van der Waals surface area contributed by atoms with Crippen molar-refractivity contribution in [2.45, 2.75) is 51.5 Å². The van der Waals surface area contributed by atoms with Gasteiger partial charge >= 0.3 is 5.97 Å². The fourth-order valence-electron chi connectivity index (χ4n) is 2.55. The van der Waals surface area contributed by atoms with Crippen LogP contribution in [0.3, 0.4) is 0 Å². The molecule has 0 spiro atoms. The van der Waals surface area contributed by atoms with Crippen molar-refractivity contribution >= 4 is 11.8 Å². The Labute approximate surface area is 107 Å². The standard InChI is InChI=1S/C13H21N3O2/c1-2-18-13(17)11-12(14)16(9-15-11)10-7-5-3-4-6-8-10/h9-10H,2-8,14H2,1H3. The topological polar surface area (TPSA) is 70.1 Å². The Kier molecular flexibility index (Phi) is 4.23. The number of carbonyl (C=O) groups excluding carboxylic acids is 1. The summed E-state index contributed by atoms with van der Waals surface area (Å²) < 4.78 is 6.88. The monoisotopic (exact) mass is 251 g/mol. The predicted molar refractivity (Wildman–Crippen MR) is 69.3 cm³/mol. The number of nitrogens with two attached hydrogens (primary N) is 1. The number of esters is 1. The normalized spacial score (nSPS) is 17.4. The van der Waals surface area contributed by atoms with E-state index in [0.29, 0.717) is 18.5 Å². The van der Waals surface area contributed by atoms with Crippen molar-refractivity contribution in [1.29, 1.82) is 0 Å². The molecule has 1 aromatic heterocycles. The number of ether oxygens (including phenoxy) is 1. The molecule has 0 atom stereocenters. The van der Waals surface area contributed by atoms with Crippen molar-refractivity contribution in [3.63, 3.8) is 0 Å². The van der Waals surface area contributed by atoms with Gasteiger partial charge in [-0.2, -0.15) is 0 Å². The lowest BCUT2D eigenvalue weighted by Crippen LogP contribution is -2.13. The maximum Gasteiger partial charge on any atom is 0.360 e. The lowest BCUT2D eigenvalue weighted by molar-refractivity contribution is 0.0521. The number of anilines is 1. The molecule has 0 saturated heterocycles. The molecular formula is C13H21N3O2. The molecule has 1 heterocycles. The molecule has 1 fully saturated rings. The number of hydrogen-bond acceptors (Lipinski definition) is 4. The molecule has 5 nitrogen and oxygen atoms in total. The summed E-state index contributed by atoms with van der Waals surface area (Å²) in [5, 5.41) is 0. The van der Waals surface area contributed by atoms with Gasteiger partial charge in [-0.15, -0.1) is 0 Å². The van der Waals surface area contributed by atoms with Gasteiger partial charge in [-0.25, -0.2) is 9.78 Å². The zero-order valence-corrected chi connectivity index (χ0v) is 10.9. The fraction of sp³-hybridized carbons (Fsp3) is 0.692. The van der Waals surface area contributed by atoms with Crippen molar-refractivity contribution in [2.75, 3.05) is 12.3 Å². The molecule has 0 aliphatic heterocycles. The van der Waals surface area contributed by atoms with Crippen LogP contribution in [0, 0.1) is 0 Å². The Morgan fingerprint density at radius 3 is 2.72 bits per heavy atom. The molecule has 5 heteroatoms. The number of imidazole rings is 1. The van der Waals surface area contributed by atoms with E-state index >= 15 is 0 Å². The first-order chi connectivity index (χ1) is 8.74. The maximum atomic E-state index is 11.7. The van der Waals surface area contributed by atoms with Gasteiger partial charge in [0.25, 0.3) is 0 Å². The first kappa shape index (κ1) is 12.9. The molecule has 2 N–H and O–H groups in total. The summed E-state index contributed by atoms with van der Waals surface area (Å²) in [6, 6.07) is 0.378. The highest BCUT2D eigenvalue weighted by atomic mass is 16.5. The molecule has 2 rings (SSSR count). The van der Waals surface area contributed by atoms with Crippen LogP contribution in [0.5, 0.6) is 0 Å². The molecule has 1 aliphatic rings. The van der Waals surface area contributed by atoms with Gasteiger partial charge < -0.3 is 15.0 Å². The van der Waals surface area contributed by atoms with Crippen LogP contribution in [-0.4, -0.2) is 22.1 Å². The quantitative estimate of drug-likeness (QED) is 0.662. The van der Waals surface area contributed by atoms with E-state index in [0.717, 1.165) is 12.8 Å². The molecular weight excluding hydrogens is 230 g/mol. The summed E-state index contributed by atoms with van der Waals surface area (Å²) >= 11 is 0. The molecule has 1 aromatic rings. The minimum Gasteiger partial charge on any atom is -0.461 e. The van der Waals surface area contributed by atoms with Crippen LogP contribution in [0.2, 0.25) is 0 Å². The molecule has 1 saturated carbocycles. The highest BCUT2D eigenvalue weighted by Gasteiger charge is 2.22. The Morgan fingerprint density at radius 1 is 1.44 bits per heavy atom. The number of carbonyl (C=O) groups is 1. The van der Waals surface area contributed by atoms with E-state index in [-0.39, 0.29) is 5.69 Å². The predicted octanol–water partition coefficient (Wildman–Crippen LogP) is 2.54. The summed E-state index contributed by atoms with van der Waals surface area (Å²) in [6.07, 6.45) is 8.92. The largest absolute Gasteiger partial charge is 0.461 e. The lowest BCUT2D eigenvalue weighted by Gasteiger charge is -2.17. The van der Waals surface area contributed by atoms with Gasteiger partial charge in [0.15, 0.2) is 5.69 Å². The van der Waals surface area contributed by atoms with Crippen LogP contribution in [0.4, 0.5) is 5.82 Å². The molecule has 0 amide bonds. The van der Waals surface area contributed by atoms with E-state index < -0.39 is 5.97 Å². The Bertz CT molecular complexity index is 406. The first-order valence-electron chi connectivity index (χ1n) is 6.73. The Hall–Kier alpha value is -1.52. The zero-order valence-electron chi connectivity index (χ0n) is 10.9. The summed E-state index contributed by atoms with van der Waals surface area (Å²) in [5.41, 5.74) is 6.27. The number of rotatable bonds is 3. The second-order valence-corrected chi connectivity index (χ2v) is 4.75. The third kappa shape index (κ3) is 2.66. The summed E-state index contributed by atoms with van der Waals surface area (Å²) in [5.74, 6) is 0.0164. The number of nitrogens with zero attached hydrogens (tertiary/aromatic N) is 2. The van der Waals surface area contributed by atoms with Gasteiger partial charge in [0.05, 0.1) is 12.9 Å². The van der Waals surface area contributed by atoms with Gasteiger partial charge in [-0.3, -0.25) is 0 Å². The fourth-order valence-corrected chi connectivity index (χ4v) is 2.55. The average molecular weight is 251 g/mol. The number of hydrogen-bond donors (Lipinski definition) is 1. The van der Waals surface area contributed by atoms with Crippen LogP contribution in [-0.2, 0) is 4.74 Å². The molecule has 18 heavy (non-hydrogen) atoms. The van der Waals surface area contributed by atoms with E-state index in [4.69, 9.17) is 10.5 Å². The third-order valence-corrected chi connectivity index (χ3v) is 3.52. The summed E-state index contributed by atoms with van der Waals surface area (Å²) in [7, 11) is 0. The van der Waals surface area contributed by atoms with E-state index in [2.05, 4.69) is 4.98 Å². The van der Waals surface area contributed by atoms with E-state index in [1.807, 2.05) is 4.57 Å². The van der Waals surface area contributed by atoms with Gasteiger partial charge in [0, 0.05) is 6.04 Å². The van der Waals surface area contributed by atoms with Crippen LogP contribution in [0.15, 0.2) is 6.33 Å². The minimum absolute atomic E-state index is 0.251. The van der Waals surface area contributed by atoms with Crippen LogP contribution in [0.1, 0.15) is 62.0 Å². The summed E-state index contributed by atoms with van der Waals surface area (Å²) in [4.78, 5) is 15.8. The smallest absolute Gasteiger partial charge is 0.360 e. The molecule has 0 radical (unpaired) electrons. The van der Waals surface area contributed by atoms with E-state index in [1.54, 1.807) is 13.3 Å². The van der Waals surface area contributed by atoms with Crippen molar-refractivity contribution in [2.24, 2.45) is 0 Å². The minimum atomic E-state index is -0.428. The second-order valence-electron chi connectivity index (χ2n) is 4.75. The van der Waals surface area contributed by atoms with Crippen LogP contribution >= 0.6 is 0 Å². The van der Waals surface area contributed by atoms with Gasteiger partial charge in [0.1, 0.15) is 5.82 Å². The maximum absolute atomic E-state index is 11.7. The van der Waals surface area contributed by atoms with E-state index in [1.165, 1.54) is 25.7 Å². The molecule has 100 valence electrons. The third-order valence-electron chi connectivity index (χ3n) is 3.52. The van der Waals surface area contributed by atoms with Crippen molar-refractivity contribution in [3.8, 4) is 0 Å². The van der Waals surface area contributed by atoms with Crippen molar-refractivity contribution in [1.82, 2.24) is 9.55 Å². The van der Waals surface area contributed by atoms with Gasteiger partial charge in [0.2, 0.25) is 0 Å². The van der Waals surface area contributed by atoms with Gasteiger partial charge in [-0.1, -0.05) is 25.7 Å².